The van der Waals surface area contributed by atoms with Crippen LogP contribution in [0.25, 0.3) is 16.9 Å². The third-order valence-corrected chi connectivity index (χ3v) is 5.79. The molecule has 0 aliphatic carbocycles. The van der Waals surface area contributed by atoms with Crippen LogP contribution in [-0.4, -0.2) is 33.3 Å². The van der Waals surface area contributed by atoms with Gasteiger partial charge in [-0.15, -0.1) is 0 Å². The van der Waals surface area contributed by atoms with Crippen LogP contribution in [0.5, 0.6) is 0 Å². The average Bonchev–Trinajstić information content (AvgIpc) is 3.01. The highest BCUT2D eigenvalue weighted by atomic mass is 79.9. The number of rotatable bonds is 7. The van der Waals surface area contributed by atoms with Crippen LogP contribution in [0.4, 0.5) is 0 Å². The molecule has 0 unspecified atom stereocenters. The van der Waals surface area contributed by atoms with Crippen LogP contribution in [0.15, 0.2) is 45.5 Å². The van der Waals surface area contributed by atoms with Gasteiger partial charge in [0.15, 0.2) is 5.65 Å². The Bertz CT molecular complexity index is 979. The lowest BCUT2D eigenvalue weighted by Gasteiger charge is -2.21. The summed E-state index contributed by atoms with van der Waals surface area (Å²) < 4.78 is 3.78. The summed E-state index contributed by atoms with van der Waals surface area (Å²) in [6.07, 6.45) is 4.14. The van der Waals surface area contributed by atoms with Crippen LogP contribution >= 0.6 is 43.5 Å². The highest BCUT2D eigenvalue weighted by Gasteiger charge is 2.21. The largest absolute Gasteiger partial charge is 0.342 e. The number of nitrogens with zero attached hydrogens (tertiary/aromatic N) is 3. The van der Waals surface area contributed by atoms with Gasteiger partial charge in [-0.1, -0.05) is 37.6 Å². The summed E-state index contributed by atoms with van der Waals surface area (Å²) in [5.74, 6) is 0.122. The fraction of sp³-hybridized carbons (Fsp3) is 0.333. The van der Waals surface area contributed by atoms with Crippen molar-refractivity contribution in [2.75, 3.05) is 13.1 Å². The monoisotopic (exact) mass is 525 g/mol. The number of amides is 1. The van der Waals surface area contributed by atoms with E-state index in [-0.39, 0.29) is 5.91 Å². The van der Waals surface area contributed by atoms with E-state index in [4.69, 9.17) is 16.6 Å². The van der Waals surface area contributed by atoms with Crippen LogP contribution < -0.4 is 0 Å². The average molecular weight is 528 g/mol. The number of hydrogen-bond donors (Lipinski definition) is 0. The molecule has 3 rings (SSSR count). The molecule has 3 aromatic rings. The molecular weight excluding hydrogens is 506 g/mol. The third-order valence-electron chi connectivity index (χ3n) is 4.52. The lowest BCUT2D eigenvalue weighted by Crippen LogP contribution is -2.34. The first-order chi connectivity index (χ1) is 13.4. The molecule has 28 heavy (non-hydrogen) atoms. The summed E-state index contributed by atoms with van der Waals surface area (Å²) >= 11 is 13.2. The first-order valence-corrected chi connectivity index (χ1v) is 11.3. The van der Waals surface area contributed by atoms with Crippen LogP contribution in [0, 0.1) is 0 Å². The minimum Gasteiger partial charge on any atom is -0.342 e. The number of carbonyl (C=O) groups excluding carboxylic acids is 1. The smallest absolute Gasteiger partial charge is 0.228 e. The second-order valence-electron chi connectivity index (χ2n) is 6.67. The molecule has 0 bridgehead atoms. The minimum absolute atomic E-state index is 0.122. The standard InChI is InChI=1S/C21H22Br2ClN3O/c1-3-9-26(10-4-2)19(28)12-18-20(14-5-7-16(24)8-6-14)25-21-17(23)11-15(22)13-27(18)21/h5-8,11,13H,3-4,9-10,12H2,1-2H3. The number of halogens is 3. The molecule has 2 aromatic heterocycles. The summed E-state index contributed by atoms with van der Waals surface area (Å²) in [5, 5.41) is 0.672. The molecule has 4 nitrogen and oxygen atoms in total. The maximum atomic E-state index is 13.1. The second-order valence-corrected chi connectivity index (χ2v) is 8.88. The van der Waals surface area contributed by atoms with Gasteiger partial charge in [-0.2, -0.15) is 0 Å². The summed E-state index contributed by atoms with van der Waals surface area (Å²) in [6, 6.07) is 9.53. The zero-order valence-electron chi connectivity index (χ0n) is 15.9. The van der Waals surface area contributed by atoms with Gasteiger partial charge in [0.05, 0.1) is 22.3 Å². The van der Waals surface area contributed by atoms with E-state index in [2.05, 4.69) is 45.7 Å². The molecule has 0 atom stereocenters. The molecule has 0 saturated carbocycles. The molecule has 1 amide bonds. The van der Waals surface area contributed by atoms with Gasteiger partial charge in [0.1, 0.15) is 0 Å². The van der Waals surface area contributed by atoms with Crippen LogP contribution in [0.1, 0.15) is 32.4 Å². The number of hydrogen-bond acceptors (Lipinski definition) is 2. The predicted octanol–water partition coefficient (Wildman–Crippen LogP) is 6.37. The molecule has 0 spiro atoms. The third kappa shape index (κ3) is 4.61. The number of aromatic nitrogens is 2. The van der Waals surface area contributed by atoms with Crippen molar-refractivity contribution >= 4 is 55.0 Å². The molecule has 1 aromatic carbocycles. The zero-order valence-corrected chi connectivity index (χ0v) is 19.8. The lowest BCUT2D eigenvalue weighted by molar-refractivity contribution is -0.130. The normalized spacial score (nSPS) is 11.2. The van der Waals surface area contributed by atoms with E-state index in [1.165, 1.54) is 0 Å². The number of pyridine rings is 1. The summed E-state index contributed by atoms with van der Waals surface area (Å²) in [4.78, 5) is 19.9. The Balaban J connectivity index is 2.11. The Morgan fingerprint density at radius 1 is 1.14 bits per heavy atom. The van der Waals surface area contributed by atoms with Crippen molar-refractivity contribution in [3.8, 4) is 11.3 Å². The van der Waals surface area contributed by atoms with E-state index in [0.29, 0.717) is 11.4 Å². The number of benzene rings is 1. The Kier molecular flexibility index (Phi) is 7.18. The number of imidazole rings is 1. The second kappa shape index (κ2) is 9.42. The summed E-state index contributed by atoms with van der Waals surface area (Å²) in [5.41, 5.74) is 3.41. The Hall–Kier alpha value is -1.37. The summed E-state index contributed by atoms with van der Waals surface area (Å²) in [7, 11) is 0. The molecule has 2 heterocycles. The first-order valence-electron chi connectivity index (χ1n) is 9.34. The van der Waals surface area contributed by atoms with Crippen molar-refractivity contribution in [3.05, 3.63) is 56.2 Å². The minimum atomic E-state index is 0.122. The van der Waals surface area contributed by atoms with E-state index < -0.39 is 0 Å². The fourth-order valence-electron chi connectivity index (χ4n) is 3.28. The van der Waals surface area contributed by atoms with Gasteiger partial charge in [-0.25, -0.2) is 4.98 Å². The Labute approximate surface area is 187 Å². The molecule has 0 radical (unpaired) electrons. The van der Waals surface area contributed by atoms with Crippen molar-refractivity contribution in [1.29, 1.82) is 0 Å². The lowest BCUT2D eigenvalue weighted by atomic mass is 10.1. The molecule has 148 valence electrons. The molecule has 0 aliphatic rings. The first kappa shape index (κ1) is 21.3. The van der Waals surface area contributed by atoms with Crippen LogP contribution in [-0.2, 0) is 11.2 Å². The van der Waals surface area contributed by atoms with E-state index >= 15 is 0 Å². The molecule has 0 aliphatic heterocycles. The van der Waals surface area contributed by atoms with Gasteiger partial charge in [0.2, 0.25) is 5.91 Å². The molecule has 0 saturated heterocycles. The van der Waals surface area contributed by atoms with E-state index in [9.17, 15) is 4.79 Å². The van der Waals surface area contributed by atoms with Crippen LogP contribution in [0.3, 0.4) is 0 Å². The maximum absolute atomic E-state index is 13.1. The Morgan fingerprint density at radius 2 is 1.79 bits per heavy atom. The van der Waals surface area contributed by atoms with Crippen molar-refractivity contribution in [1.82, 2.24) is 14.3 Å². The van der Waals surface area contributed by atoms with Gasteiger partial charge in [-0.3, -0.25) is 4.79 Å². The van der Waals surface area contributed by atoms with E-state index in [0.717, 1.165) is 57.5 Å². The molecule has 7 heteroatoms. The topological polar surface area (TPSA) is 37.6 Å². The van der Waals surface area contributed by atoms with Gasteiger partial charge in [-0.05, 0) is 62.9 Å². The SMILES string of the molecule is CCCN(CCC)C(=O)Cc1c(-c2ccc(Cl)cc2)nc2c(Br)cc(Br)cn12. The molecular formula is C21H22Br2ClN3O. The Morgan fingerprint density at radius 3 is 2.39 bits per heavy atom. The highest BCUT2D eigenvalue weighted by Crippen LogP contribution is 2.31. The van der Waals surface area contributed by atoms with Gasteiger partial charge in [0, 0.05) is 34.3 Å². The van der Waals surface area contributed by atoms with E-state index in [1.54, 1.807) is 0 Å². The number of fused-ring (bicyclic) bond motifs is 1. The molecule has 0 N–H and O–H groups in total. The maximum Gasteiger partial charge on any atom is 0.228 e. The van der Waals surface area contributed by atoms with Crippen molar-refractivity contribution < 1.29 is 4.79 Å². The quantitative estimate of drug-likeness (QED) is 0.358. The van der Waals surface area contributed by atoms with Crippen molar-refractivity contribution in [2.45, 2.75) is 33.1 Å². The van der Waals surface area contributed by atoms with E-state index in [1.807, 2.05) is 45.8 Å². The predicted molar refractivity (Wildman–Crippen MR) is 122 cm³/mol. The summed E-state index contributed by atoms with van der Waals surface area (Å²) in [6.45, 7) is 5.73. The van der Waals surface area contributed by atoms with Gasteiger partial charge < -0.3 is 9.30 Å². The number of carbonyl (C=O) groups is 1. The highest BCUT2D eigenvalue weighted by molar-refractivity contribution is 9.11. The van der Waals surface area contributed by atoms with Gasteiger partial charge in [0.25, 0.3) is 0 Å². The molecule has 0 fully saturated rings. The van der Waals surface area contributed by atoms with Crippen molar-refractivity contribution in [3.63, 3.8) is 0 Å². The fourth-order valence-corrected chi connectivity index (χ4v) is 4.68. The van der Waals surface area contributed by atoms with Gasteiger partial charge >= 0.3 is 0 Å². The van der Waals surface area contributed by atoms with Crippen LogP contribution in [0.2, 0.25) is 5.02 Å². The zero-order chi connectivity index (χ0) is 20.3. The van der Waals surface area contributed by atoms with Crippen molar-refractivity contribution in [2.24, 2.45) is 0 Å².